The lowest BCUT2D eigenvalue weighted by molar-refractivity contribution is 0.378. The fraction of sp³-hybridized carbons (Fsp3) is 0.571. The number of hydrogen-bond donors (Lipinski definition) is 1. The lowest BCUT2D eigenvalue weighted by Crippen LogP contribution is -2.28. The van der Waals surface area contributed by atoms with Gasteiger partial charge in [-0.2, -0.15) is 0 Å². The highest BCUT2D eigenvalue weighted by atomic mass is 32.2. The van der Waals surface area contributed by atoms with E-state index in [-0.39, 0.29) is 0 Å². The van der Waals surface area contributed by atoms with E-state index in [1.54, 1.807) is 26.0 Å². The third-order valence-electron chi connectivity index (χ3n) is 3.47. The summed E-state index contributed by atoms with van der Waals surface area (Å²) in [6.45, 7) is 2.15. The van der Waals surface area contributed by atoms with Crippen molar-refractivity contribution in [3.8, 4) is 11.5 Å². The second kappa shape index (κ2) is 6.34. The topological polar surface area (TPSA) is 30.5 Å². The van der Waals surface area contributed by atoms with Crippen molar-refractivity contribution in [2.45, 2.75) is 23.7 Å². The van der Waals surface area contributed by atoms with Crippen LogP contribution in [0.5, 0.6) is 11.5 Å². The quantitative estimate of drug-likeness (QED) is 0.850. The highest BCUT2D eigenvalue weighted by Crippen LogP contribution is 2.39. The SMILES string of the molecule is COc1cc(C2CCCNC2)c(OC)cc1SC. The van der Waals surface area contributed by atoms with Crippen molar-refractivity contribution in [1.29, 1.82) is 0 Å². The van der Waals surface area contributed by atoms with E-state index >= 15 is 0 Å². The molecule has 1 aromatic rings. The summed E-state index contributed by atoms with van der Waals surface area (Å²) < 4.78 is 11.0. The van der Waals surface area contributed by atoms with Gasteiger partial charge in [0.1, 0.15) is 11.5 Å². The van der Waals surface area contributed by atoms with E-state index < -0.39 is 0 Å². The minimum absolute atomic E-state index is 0.526. The molecule has 3 nitrogen and oxygen atoms in total. The van der Waals surface area contributed by atoms with Gasteiger partial charge in [-0.3, -0.25) is 0 Å². The van der Waals surface area contributed by atoms with Crippen LogP contribution >= 0.6 is 11.8 Å². The number of rotatable bonds is 4. The van der Waals surface area contributed by atoms with Crippen molar-refractivity contribution in [3.63, 3.8) is 0 Å². The number of nitrogens with one attached hydrogen (secondary N) is 1. The molecule has 1 saturated heterocycles. The Kier molecular flexibility index (Phi) is 4.78. The van der Waals surface area contributed by atoms with E-state index in [4.69, 9.17) is 9.47 Å². The fourth-order valence-corrected chi connectivity index (χ4v) is 3.06. The summed E-state index contributed by atoms with van der Waals surface area (Å²) in [4.78, 5) is 1.13. The Morgan fingerprint density at radius 3 is 2.56 bits per heavy atom. The predicted molar refractivity (Wildman–Crippen MR) is 76.2 cm³/mol. The summed E-state index contributed by atoms with van der Waals surface area (Å²) in [5.74, 6) is 2.45. The molecular weight excluding hydrogens is 246 g/mol. The smallest absolute Gasteiger partial charge is 0.132 e. The third-order valence-corrected chi connectivity index (χ3v) is 4.23. The lowest BCUT2D eigenvalue weighted by atomic mass is 9.91. The van der Waals surface area contributed by atoms with Crippen molar-refractivity contribution < 1.29 is 9.47 Å². The standard InChI is InChI=1S/C14H21NO2S/c1-16-12-8-14(18-3)13(17-2)7-11(12)10-5-4-6-15-9-10/h7-8,10,15H,4-6,9H2,1-3H3. The zero-order valence-electron chi connectivity index (χ0n) is 11.3. The lowest BCUT2D eigenvalue weighted by Gasteiger charge is -2.25. The number of ether oxygens (including phenoxy) is 2. The number of piperidine rings is 1. The number of methoxy groups -OCH3 is 2. The molecule has 0 radical (unpaired) electrons. The molecule has 0 aliphatic carbocycles. The molecule has 0 spiro atoms. The van der Waals surface area contributed by atoms with Crippen LogP contribution in [0.25, 0.3) is 0 Å². The maximum atomic E-state index is 5.54. The van der Waals surface area contributed by atoms with E-state index in [1.165, 1.54) is 18.4 Å². The van der Waals surface area contributed by atoms with Gasteiger partial charge in [-0.25, -0.2) is 0 Å². The third kappa shape index (κ3) is 2.75. The first-order valence-electron chi connectivity index (χ1n) is 6.30. The Hall–Kier alpha value is -0.870. The van der Waals surface area contributed by atoms with Crippen LogP contribution in [0, 0.1) is 0 Å². The minimum atomic E-state index is 0.526. The van der Waals surface area contributed by atoms with Crippen LogP contribution in [0.3, 0.4) is 0 Å². The molecule has 100 valence electrons. The van der Waals surface area contributed by atoms with Crippen molar-refractivity contribution in [2.75, 3.05) is 33.6 Å². The van der Waals surface area contributed by atoms with Crippen LogP contribution in [0.4, 0.5) is 0 Å². The molecule has 0 amide bonds. The molecule has 0 bridgehead atoms. The Morgan fingerprint density at radius 2 is 2.00 bits per heavy atom. The molecule has 1 atom stereocenters. The maximum Gasteiger partial charge on any atom is 0.132 e. The van der Waals surface area contributed by atoms with Crippen LogP contribution in [-0.2, 0) is 0 Å². The van der Waals surface area contributed by atoms with E-state index in [9.17, 15) is 0 Å². The van der Waals surface area contributed by atoms with E-state index in [0.717, 1.165) is 29.5 Å². The molecule has 0 saturated carbocycles. The van der Waals surface area contributed by atoms with E-state index in [1.807, 2.05) is 0 Å². The summed E-state index contributed by atoms with van der Waals surface area (Å²) in [6.07, 6.45) is 4.49. The zero-order valence-corrected chi connectivity index (χ0v) is 12.1. The molecule has 1 fully saturated rings. The molecule has 18 heavy (non-hydrogen) atoms. The molecule has 2 rings (SSSR count). The number of benzene rings is 1. The largest absolute Gasteiger partial charge is 0.496 e. The molecular formula is C14H21NO2S. The predicted octanol–water partition coefficient (Wildman–Crippen LogP) is 2.89. The second-order valence-electron chi connectivity index (χ2n) is 4.49. The van der Waals surface area contributed by atoms with Crippen molar-refractivity contribution in [3.05, 3.63) is 17.7 Å². The number of hydrogen-bond acceptors (Lipinski definition) is 4. The van der Waals surface area contributed by atoms with Gasteiger partial charge in [-0.15, -0.1) is 11.8 Å². The van der Waals surface area contributed by atoms with E-state index in [0.29, 0.717) is 5.92 Å². The van der Waals surface area contributed by atoms with Gasteiger partial charge in [0, 0.05) is 18.0 Å². The van der Waals surface area contributed by atoms with Gasteiger partial charge >= 0.3 is 0 Å². The van der Waals surface area contributed by atoms with Crippen molar-refractivity contribution in [2.24, 2.45) is 0 Å². The summed E-state index contributed by atoms with van der Waals surface area (Å²) in [5, 5.41) is 3.45. The van der Waals surface area contributed by atoms with Gasteiger partial charge in [0.25, 0.3) is 0 Å². The molecule has 1 N–H and O–H groups in total. The summed E-state index contributed by atoms with van der Waals surface area (Å²) in [5.41, 5.74) is 1.26. The molecule has 1 aliphatic rings. The van der Waals surface area contributed by atoms with Crippen molar-refractivity contribution >= 4 is 11.8 Å². The first-order valence-corrected chi connectivity index (χ1v) is 7.53. The number of thioether (sulfide) groups is 1. The summed E-state index contributed by atoms with van der Waals surface area (Å²) >= 11 is 1.68. The summed E-state index contributed by atoms with van der Waals surface area (Å²) in [6, 6.07) is 4.23. The Balaban J connectivity index is 2.37. The molecule has 0 aromatic heterocycles. The Morgan fingerprint density at radius 1 is 1.22 bits per heavy atom. The fourth-order valence-electron chi connectivity index (χ4n) is 2.49. The normalized spacial score (nSPS) is 19.6. The van der Waals surface area contributed by atoms with Gasteiger partial charge in [-0.1, -0.05) is 0 Å². The van der Waals surface area contributed by atoms with Crippen LogP contribution in [0.15, 0.2) is 17.0 Å². The van der Waals surface area contributed by atoms with E-state index in [2.05, 4.69) is 23.7 Å². The highest BCUT2D eigenvalue weighted by molar-refractivity contribution is 7.98. The Labute approximate surface area is 113 Å². The van der Waals surface area contributed by atoms with Crippen LogP contribution in [0.2, 0.25) is 0 Å². The van der Waals surface area contributed by atoms with Gasteiger partial charge in [0.05, 0.1) is 19.1 Å². The first kappa shape index (κ1) is 13.6. The van der Waals surface area contributed by atoms with Crippen molar-refractivity contribution in [1.82, 2.24) is 5.32 Å². The highest BCUT2D eigenvalue weighted by Gasteiger charge is 2.21. The van der Waals surface area contributed by atoms with Gasteiger partial charge in [-0.05, 0) is 37.8 Å². The second-order valence-corrected chi connectivity index (χ2v) is 5.34. The van der Waals surface area contributed by atoms with Crippen LogP contribution in [0.1, 0.15) is 24.3 Å². The maximum absolute atomic E-state index is 5.54. The van der Waals surface area contributed by atoms with Gasteiger partial charge in [0.2, 0.25) is 0 Å². The van der Waals surface area contributed by atoms with Crippen LogP contribution < -0.4 is 14.8 Å². The van der Waals surface area contributed by atoms with Gasteiger partial charge < -0.3 is 14.8 Å². The summed E-state index contributed by atoms with van der Waals surface area (Å²) in [7, 11) is 3.47. The first-order chi connectivity index (χ1) is 8.80. The molecule has 1 aliphatic heterocycles. The molecule has 1 unspecified atom stereocenters. The monoisotopic (exact) mass is 267 g/mol. The van der Waals surface area contributed by atoms with Gasteiger partial charge in [0.15, 0.2) is 0 Å². The Bertz CT molecular complexity index is 403. The molecule has 4 heteroatoms. The molecule has 1 heterocycles. The van der Waals surface area contributed by atoms with Crippen LogP contribution in [-0.4, -0.2) is 33.6 Å². The minimum Gasteiger partial charge on any atom is -0.496 e. The zero-order chi connectivity index (χ0) is 13.0. The molecule has 1 aromatic carbocycles. The average molecular weight is 267 g/mol. The average Bonchev–Trinajstić information content (AvgIpc) is 2.46.